The third-order valence-corrected chi connectivity index (χ3v) is 3.34. The van der Waals surface area contributed by atoms with E-state index in [0.29, 0.717) is 25.0 Å². The maximum Gasteiger partial charge on any atom is 0.139 e. The Morgan fingerprint density at radius 3 is 3.06 bits per heavy atom. The van der Waals surface area contributed by atoms with Gasteiger partial charge in [0.1, 0.15) is 5.78 Å². The zero-order chi connectivity index (χ0) is 13.0. The van der Waals surface area contributed by atoms with Gasteiger partial charge in [-0.2, -0.15) is 5.10 Å². The molecule has 1 aromatic rings. The Balaban J connectivity index is 1.75. The highest BCUT2D eigenvalue weighted by atomic mass is 16.5. The van der Waals surface area contributed by atoms with Gasteiger partial charge in [-0.3, -0.25) is 9.48 Å². The molecule has 1 aromatic heterocycles. The summed E-state index contributed by atoms with van der Waals surface area (Å²) in [6.45, 7) is 5.02. The number of aromatic nitrogens is 2. The van der Waals surface area contributed by atoms with Crippen LogP contribution < -0.4 is 0 Å². The molecule has 1 atom stereocenters. The molecule has 4 nitrogen and oxygen atoms in total. The fourth-order valence-electron chi connectivity index (χ4n) is 2.24. The lowest BCUT2D eigenvalue weighted by atomic mass is 10.1. The fraction of sp³-hybridized carbons (Fsp3) is 0.714. The number of carbonyl (C=O) groups is 1. The molecular weight excluding hydrogens is 228 g/mol. The topological polar surface area (TPSA) is 44.1 Å². The molecule has 1 aliphatic rings. The van der Waals surface area contributed by atoms with Gasteiger partial charge in [-0.05, 0) is 39.2 Å². The summed E-state index contributed by atoms with van der Waals surface area (Å²) in [7, 11) is 0. The maximum atomic E-state index is 11.8. The number of ketones is 1. The minimum absolute atomic E-state index is 0.263. The molecule has 0 aromatic carbocycles. The van der Waals surface area contributed by atoms with Crippen LogP contribution in [-0.2, 0) is 16.0 Å². The van der Waals surface area contributed by atoms with Gasteiger partial charge in [-0.15, -0.1) is 0 Å². The van der Waals surface area contributed by atoms with Crippen molar-refractivity contribution in [3.8, 4) is 0 Å². The van der Waals surface area contributed by atoms with Gasteiger partial charge in [0.2, 0.25) is 0 Å². The first-order valence-electron chi connectivity index (χ1n) is 6.82. The standard InChI is InChI=1S/C14H22N2O2/c1-11(2)16-8-7-12(15-16)10-13(17)5-6-14-4-3-9-18-14/h7-8,11,14H,3-6,9-10H2,1-2H3. The molecule has 0 amide bonds. The van der Waals surface area contributed by atoms with E-state index in [2.05, 4.69) is 18.9 Å². The third kappa shape index (κ3) is 3.67. The lowest BCUT2D eigenvalue weighted by molar-refractivity contribution is -0.119. The molecule has 1 unspecified atom stereocenters. The SMILES string of the molecule is CC(C)n1ccc(CC(=O)CCC2CCCO2)n1. The van der Waals surface area contributed by atoms with Crippen molar-refractivity contribution in [3.63, 3.8) is 0 Å². The molecule has 0 N–H and O–H groups in total. The Morgan fingerprint density at radius 2 is 2.44 bits per heavy atom. The van der Waals surface area contributed by atoms with Crippen molar-refractivity contribution < 1.29 is 9.53 Å². The first kappa shape index (κ1) is 13.3. The van der Waals surface area contributed by atoms with Crippen LogP contribution in [0, 0.1) is 0 Å². The normalized spacial score (nSPS) is 19.6. The predicted molar refractivity (Wildman–Crippen MR) is 69.5 cm³/mol. The highest BCUT2D eigenvalue weighted by Crippen LogP contribution is 2.17. The van der Waals surface area contributed by atoms with Crippen molar-refractivity contribution in [3.05, 3.63) is 18.0 Å². The zero-order valence-corrected chi connectivity index (χ0v) is 11.3. The molecule has 1 aliphatic heterocycles. The number of hydrogen-bond acceptors (Lipinski definition) is 3. The largest absolute Gasteiger partial charge is 0.378 e. The Labute approximate surface area is 108 Å². The van der Waals surface area contributed by atoms with Crippen LogP contribution in [0.1, 0.15) is 51.3 Å². The van der Waals surface area contributed by atoms with E-state index in [1.165, 1.54) is 0 Å². The number of nitrogens with zero attached hydrogens (tertiary/aromatic N) is 2. The van der Waals surface area contributed by atoms with Crippen LogP contribution in [0.3, 0.4) is 0 Å². The summed E-state index contributed by atoms with van der Waals surface area (Å²) >= 11 is 0. The summed E-state index contributed by atoms with van der Waals surface area (Å²) in [5.41, 5.74) is 0.876. The summed E-state index contributed by atoms with van der Waals surface area (Å²) in [5, 5.41) is 4.39. The van der Waals surface area contributed by atoms with Gasteiger partial charge in [0.25, 0.3) is 0 Å². The van der Waals surface area contributed by atoms with E-state index in [0.717, 1.165) is 31.6 Å². The smallest absolute Gasteiger partial charge is 0.139 e. The molecule has 18 heavy (non-hydrogen) atoms. The summed E-state index contributed by atoms with van der Waals surface area (Å²) in [6, 6.07) is 2.28. The molecule has 1 fully saturated rings. The molecule has 2 heterocycles. The van der Waals surface area contributed by atoms with Crippen LogP contribution in [0.5, 0.6) is 0 Å². The van der Waals surface area contributed by atoms with Gasteiger partial charge < -0.3 is 4.74 Å². The summed E-state index contributed by atoms with van der Waals surface area (Å²) in [5.74, 6) is 0.263. The van der Waals surface area contributed by atoms with E-state index < -0.39 is 0 Å². The quantitative estimate of drug-likeness (QED) is 0.779. The molecule has 2 rings (SSSR count). The molecule has 1 saturated heterocycles. The minimum atomic E-state index is 0.263. The molecule has 0 radical (unpaired) electrons. The number of Topliss-reactive ketones (excluding diaryl/α,β-unsaturated/α-hetero) is 1. The van der Waals surface area contributed by atoms with Crippen LogP contribution in [0.25, 0.3) is 0 Å². The van der Waals surface area contributed by atoms with Crippen molar-refractivity contribution in [2.24, 2.45) is 0 Å². The second-order valence-corrected chi connectivity index (χ2v) is 5.27. The second kappa shape index (κ2) is 6.14. The summed E-state index contributed by atoms with van der Waals surface area (Å²) < 4.78 is 7.41. The number of ether oxygens (including phenoxy) is 1. The predicted octanol–water partition coefficient (Wildman–Crippen LogP) is 2.53. The third-order valence-electron chi connectivity index (χ3n) is 3.34. The van der Waals surface area contributed by atoms with E-state index >= 15 is 0 Å². The number of rotatable bonds is 6. The van der Waals surface area contributed by atoms with E-state index in [1.54, 1.807) is 0 Å². The van der Waals surface area contributed by atoms with E-state index in [4.69, 9.17) is 4.74 Å². The maximum absolute atomic E-state index is 11.8. The number of hydrogen-bond donors (Lipinski definition) is 0. The highest BCUT2D eigenvalue weighted by Gasteiger charge is 2.17. The molecular formula is C14H22N2O2. The summed E-state index contributed by atoms with van der Waals surface area (Å²) in [6.07, 6.45) is 6.41. The van der Waals surface area contributed by atoms with Crippen LogP contribution in [-0.4, -0.2) is 28.3 Å². The van der Waals surface area contributed by atoms with Gasteiger partial charge in [-0.25, -0.2) is 0 Å². The van der Waals surface area contributed by atoms with Crippen LogP contribution in [0.4, 0.5) is 0 Å². The Morgan fingerprint density at radius 1 is 1.61 bits per heavy atom. The Kier molecular flexibility index (Phi) is 4.53. The highest BCUT2D eigenvalue weighted by molar-refractivity contribution is 5.80. The van der Waals surface area contributed by atoms with Crippen molar-refractivity contribution in [1.82, 2.24) is 9.78 Å². The Bertz CT molecular complexity index is 392. The van der Waals surface area contributed by atoms with Gasteiger partial charge in [0, 0.05) is 25.3 Å². The monoisotopic (exact) mass is 250 g/mol. The molecule has 100 valence electrons. The Hall–Kier alpha value is -1.16. The molecule has 0 aliphatic carbocycles. The van der Waals surface area contributed by atoms with Crippen LogP contribution >= 0.6 is 0 Å². The molecule has 0 bridgehead atoms. The van der Waals surface area contributed by atoms with Crippen molar-refractivity contribution in [1.29, 1.82) is 0 Å². The number of carbonyl (C=O) groups excluding carboxylic acids is 1. The van der Waals surface area contributed by atoms with Gasteiger partial charge in [-0.1, -0.05) is 0 Å². The first-order chi connectivity index (χ1) is 8.65. The molecule has 4 heteroatoms. The van der Waals surface area contributed by atoms with Crippen LogP contribution in [0.15, 0.2) is 12.3 Å². The average molecular weight is 250 g/mol. The van der Waals surface area contributed by atoms with Gasteiger partial charge in [0.15, 0.2) is 0 Å². The van der Waals surface area contributed by atoms with Crippen molar-refractivity contribution in [2.45, 2.75) is 58.1 Å². The van der Waals surface area contributed by atoms with Gasteiger partial charge >= 0.3 is 0 Å². The average Bonchev–Trinajstić information content (AvgIpc) is 2.96. The summed E-state index contributed by atoms with van der Waals surface area (Å²) in [4.78, 5) is 11.8. The minimum Gasteiger partial charge on any atom is -0.378 e. The van der Waals surface area contributed by atoms with Crippen molar-refractivity contribution >= 4 is 5.78 Å². The molecule has 0 spiro atoms. The first-order valence-corrected chi connectivity index (χ1v) is 6.82. The lowest BCUT2D eigenvalue weighted by Gasteiger charge is -2.07. The van der Waals surface area contributed by atoms with E-state index in [-0.39, 0.29) is 5.78 Å². The zero-order valence-electron chi connectivity index (χ0n) is 11.3. The van der Waals surface area contributed by atoms with Gasteiger partial charge in [0.05, 0.1) is 18.2 Å². The van der Waals surface area contributed by atoms with E-state index in [1.807, 2.05) is 16.9 Å². The van der Waals surface area contributed by atoms with E-state index in [9.17, 15) is 4.79 Å². The molecule has 0 saturated carbocycles. The lowest BCUT2D eigenvalue weighted by Crippen LogP contribution is -2.11. The second-order valence-electron chi connectivity index (χ2n) is 5.27. The fourth-order valence-corrected chi connectivity index (χ4v) is 2.24. The van der Waals surface area contributed by atoms with Crippen LogP contribution in [0.2, 0.25) is 0 Å². The van der Waals surface area contributed by atoms with Crippen molar-refractivity contribution in [2.75, 3.05) is 6.61 Å².